The second-order valence-corrected chi connectivity index (χ2v) is 6.07. The number of para-hydroxylation sites is 2. The summed E-state index contributed by atoms with van der Waals surface area (Å²) < 4.78 is 18.1. The van der Waals surface area contributed by atoms with Crippen LogP contribution in [0.3, 0.4) is 0 Å². The minimum atomic E-state index is 0.639. The van der Waals surface area contributed by atoms with Crippen molar-refractivity contribution < 1.29 is 14.2 Å². The van der Waals surface area contributed by atoms with Crippen LogP contribution in [0.15, 0.2) is 46.9 Å². The van der Waals surface area contributed by atoms with E-state index in [4.69, 9.17) is 14.2 Å². The maximum absolute atomic E-state index is 5.79. The van der Waals surface area contributed by atoms with Gasteiger partial charge in [0.2, 0.25) is 0 Å². The fraction of sp³-hybridized carbons (Fsp3) is 0.368. The Morgan fingerprint density at radius 1 is 0.826 bits per heavy atom. The summed E-state index contributed by atoms with van der Waals surface area (Å²) in [6, 6.07) is 13.9. The third kappa shape index (κ3) is 5.79. The molecule has 0 fully saturated rings. The lowest BCUT2D eigenvalue weighted by atomic mass is 10.2. The number of rotatable bonds is 9. The molecule has 0 amide bonds. The van der Waals surface area contributed by atoms with Crippen LogP contribution in [-0.4, -0.2) is 19.8 Å². The highest BCUT2D eigenvalue weighted by molar-refractivity contribution is 9.10. The van der Waals surface area contributed by atoms with Crippen LogP contribution in [0.1, 0.15) is 25.3 Å². The van der Waals surface area contributed by atoms with Crippen molar-refractivity contribution in [3.05, 3.63) is 52.5 Å². The standard InChI is InChI=1S/C19H23BrO3/c1-3-21-18-8-4-5-9-19(18)23-13-7-6-12-22-17-11-10-15(2)14-16(17)20/h4-5,8-11,14H,3,6-7,12-13H2,1-2H3. The summed E-state index contributed by atoms with van der Waals surface area (Å²) in [6.45, 7) is 6.00. The molecule has 0 aliphatic rings. The van der Waals surface area contributed by atoms with Gasteiger partial charge in [-0.15, -0.1) is 0 Å². The molecule has 0 N–H and O–H groups in total. The first kappa shape index (κ1) is 17.7. The van der Waals surface area contributed by atoms with Crippen LogP contribution in [0, 0.1) is 6.92 Å². The molecular formula is C19H23BrO3. The molecule has 0 spiro atoms. The van der Waals surface area contributed by atoms with E-state index in [0.717, 1.165) is 34.6 Å². The van der Waals surface area contributed by atoms with Crippen molar-refractivity contribution in [3.8, 4) is 17.2 Å². The van der Waals surface area contributed by atoms with Crippen LogP contribution in [0.25, 0.3) is 0 Å². The highest BCUT2D eigenvalue weighted by atomic mass is 79.9. The summed E-state index contributed by atoms with van der Waals surface area (Å²) in [4.78, 5) is 0. The van der Waals surface area contributed by atoms with Gasteiger partial charge in [-0.05, 0) is 72.4 Å². The van der Waals surface area contributed by atoms with Crippen molar-refractivity contribution in [2.24, 2.45) is 0 Å². The van der Waals surface area contributed by atoms with Crippen molar-refractivity contribution in [2.45, 2.75) is 26.7 Å². The third-order valence-electron chi connectivity index (χ3n) is 3.29. The summed E-state index contributed by atoms with van der Waals surface area (Å²) in [5, 5.41) is 0. The van der Waals surface area contributed by atoms with Gasteiger partial charge in [0.05, 0.1) is 24.3 Å². The summed E-state index contributed by atoms with van der Waals surface area (Å²) in [5.41, 5.74) is 1.21. The molecule has 3 nitrogen and oxygen atoms in total. The molecule has 0 bridgehead atoms. The Balaban J connectivity index is 1.68. The van der Waals surface area contributed by atoms with Crippen molar-refractivity contribution in [2.75, 3.05) is 19.8 Å². The van der Waals surface area contributed by atoms with Crippen molar-refractivity contribution in [1.29, 1.82) is 0 Å². The molecule has 0 atom stereocenters. The highest BCUT2D eigenvalue weighted by Gasteiger charge is 2.04. The van der Waals surface area contributed by atoms with Gasteiger partial charge >= 0.3 is 0 Å². The Labute approximate surface area is 146 Å². The third-order valence-corrected chi connectivity index (χ3v) is 3.91. The van der Waals surface area contributed by atoms with Gasteiger partial charge in [0.1, 0.15) is 5.75 Å². The molecular weight excluding hydrogens is 356 g/mol. The van der Waals surface area contributed by atoms with Crippen molar-refractivity contribution in [3.63, 3.8) is 0 Å². The van der Waals surface area contributed by atoms with Gasteiger partial charge in [-0.2, -0.15) is 0 Å². The van der Waals surface area contributed by atoms with E-state index in [0.29, 0.717) is 19.8 Å². The smallest absolute Gasteiger partial charge is 0.161 e. The molecule has 0 saturated carbocycles. The second kappa shape index (κ2) is 9.46. The van der Waals surface area contributed by atoms with Crippen LogP contribution in [0.4, 0.5) is 0 Å². The predicted octanol–water partition coefficient (Wildman–Crippen LogP) is 5.39. The van der Waals surface area contributed by atoms with E-state index in [1.807, 2.05) is 43.3 Å². The molecule has 0 radical (unpaired) electrons. The summed E-state index contributed by atoms with van der Waals surface area (Å²) in [5.74, 6) is 2.49. The number of ether oxygens (including phenoxy) is 3. The van der Waals surface area contributed by atoms with Gasteiger partial charge < -0.3 is 14.2 Å². The maximum atomic E-state index is 5.79. The summed E-state index contributed by atoms with van der Waals surface area (Å²) in [6.07, 6.45) is 1.88. The van der Waals surface area contributed by atoms with Gasteiger partial charge in [-0.1, -0.05) is 18.2 Å². The summed E-state index contributed by atoms with van der Waals surface area (Å²) >= 11 is 3.52. The Bertz CT molecular complexity index is 613. The Kier molecular flexibility index (Phi) is 7.27. The number of unbranched alkanes of at least 4 members (excludes halogenated alkanes) is 1. The Hall–Kier alpha value is -1.68. The molecule has 23 heavy (non-hydrogen) atoms. The van der Waals surface area contributed by atoms with Crippen LogP contribution in [0.2, 0.25) is 0 Å². The minimum absolute atomic E-state index is 0.639. The predicted molar refractivity (Wildman–Crippen MR) is 96.7 cm³/mol. The normalized spacial score (nSPS) is 10.4. The zero-order valence-corrected chi connectivity index (χ0v) is 15.3. The van der Waals surface area contributed by atoms with Crippen LogP contribution < -0.4 is 14.2 Å². The van der Waals surface area contributed by atoms with E-state index in [2.05, 4.69) is 28.9 Å². The molecule has 4 heteroatoms. The molecule has 0 aliphatic carbocycles. The van der Waals surface area contributed by atoms with Gasteiger partial charge in [0.15, 0.2) is 11.5 Å². The van der Waals surface area contributed by atoms with Gasteiger partial charge in [0.25, 0.3) is 0 Å². The van der Waals surface area contributed by atoms with E-state index in [1.165, 1.54) is 5.56 Å². The van der Waals surface area contributed by atoms with Crippen molar-refractivity contribution in [1.82, 2.24) is 0 Å². The lowest BCUT2D eigenvalue weighted by Crippen LogP contribution is -2.04. The lowest BCUT2D eigenvalue weighted by Gasteiger charge is -2.12. The lowest BCUT2D eigenvalue weighted by molar-refractivity contribution is 0.251. The topological polar surface area (TPSA) is 27.7 Å². The van der Waals surface area contributed by atoms with Crippen LogP contribution >= 0.6 is 15.9 Å². The maximum Gasteiger partial charge on any atom is 0.161 e. The van der Waals surface area contributed by atoms with Gasteiger partial charge in [0, 0.05) is 0 Å². The van der Waals surface area contributed by atoms with E-state index < -0.39 is 0 Å². The van der Waals surface area contributed by atoms with Crippen LogP contribution in [-0.2, 0) is 0 Å². The fourth-order valence-electron chi connectivity index (χ4n) is 2.14. The molecule has 0 saturated heterocycles. The van der Waals surface area contributed by atoms with Gasteiger partial charge in [-0.25, -0.2) is 0 Å². The van der Waals surface area contributed by atoms with E-state index in [-0.39, 0.29) is 0 Å². The number of benzene rings is 2. The van der Waals surface area contributed by atoms with Crippen molar-refractivity contribution >= 4 is 15.9 Å². The molecule has 124 valence electrons. The SMILES string of the molecule is CCOc1ccccc1OCCCCOc1ccc(C)cc1Br. The first-order chi connectivity index (χ1) is 11.2. The minimum Gasteiger partial charge on any atom is -0.492 e. The van der Waals surface area contributed by atoms with Gasteiger partial charge in [-0.3, -0.25) is 0 Å². The largest absolute Gasteiger partial charge is 0.492 e. The number of hydrogen-bond acceptors (Lipinski definition) is 3. The number of hydrogen-bond donors (Lipinski definition) is 0. The first-order valence-electron chi connectivity index (χ1n) is 7.94. The van der Waals surface area contributed by atoms with E-state index >= 15 is 0 Å². The Morgan fingerprint density at radius 3 is 2.04 bits per heavy atom. The second-order valence-electron chi connectivity index (χ2n) is 5.22. The molecule has 2 rings (SSSR count). The number of halogens is 1. The zero-order chi connectivity index (χ0) is 16.5. The van der Waals surface area contributed by atoms with E-state index in [9.17, 15) is 0 Å². The fourth-order valence-corrected chi connectivity index (χ4v) is 2.74. The number of aryl methyl sites for hydroxylation is 1. The van der Waals surface area contributed by atoms with E-state index in [1.54, 1.807) is 0 Å². The molecule has 2 aromatic rings. The average molecular weight is 379 g/mol. The molecule has 2 aromatic carbocycles. The summed E-state index contributed by atoms with van der Waals surface area (Å²) in [7, 11) is 0. The molecule has 0 heterocycles. The molecule has 0 aliphatic heterocycles. The Morgan fingerprint density at radius 2 is 1.43 bits per heavy atom. The quantitative estimate of drug-likeness (QED) is 0.547. The highest BCUT2D eigenvalue weighted by Crippen LogP contribution is 2.27. The molecule has 0 unspecified atom stereocenters. The molecule has 0 aromatic heterocycles. The monoisotopic (exact) mass is 378 g/mol. The zero-order valence-electron chi connectivity index (χ0n) is 13.7. The average Bonchev–Trinajstić information content (AvgIpc) is 2.54. The first-order valence-corrected chi connectivity index (χ1v) is 8.73. The van der Waals surface area contributed by atoms with Crippen LogP contribution in [0.5, 0.6) is 17.2 Å².